The molecule has 60 nitrogen and oxygen atoms in total. The average Bonchev–Trinajstić information content (AvgIpc) is 0.733. The number of aliphatic hydroxyl groups is 27. The van der Waals surface area contributed by atoms with Gasteiger partial charge in [0, 0.05) is 46.5 Å². The topological polar surface area (TPSA) is 979 Å². The van der Waals surface area contributed by atoms with Crippen molar-refractivity contribution in [1.82, 2.24) is 26.6 Å². The summed E-state index contributed by atoms with van der Waals surface area (Å²) in [6.45, 7) is -12.1. The molecule has 36 N–H and O–H groups in total. The van der Waals surface area contributed by atoms with Gasteiger partial charge in [0.25, 0.3) is 23.1 Å². The second kappa shape index (κ2) is 45.9. The van der Waals surface area contributed by atoms with E-state index < -0.39 is 413 Å². The number of hydrogen-bond donors (Lipinski definition) is 36. The summed E-state index contributed by atoms with van der Waals surface area (Å²) < 4.78 is 87.2. The summed E-state index contributed by atoms with van der Waals surface area (Å²) in [5.74, 6) is -30.5. The van der Waals surface area contributed by atoms with Crippen LogP contribution in [0.25, 0.3) is 0 Å². The fraction of sp³-hybridized carbons (Fsp3) is 0.871. The van der Waals surface area contributed by atoms with Crippen LogP contribution in [0.2, 0.25) is 0 Å². The molecule has 8 saturated heterocycles. The van der Waals surface area contributed by atoms with Crippen LogP contribution in [0.4, 0.5) is 0 Å². The zero-order valence-electron chi connectivity index (χ0n) is 68.7. The first kappa shape index (κ1) is 109. The summed E-state index contributed by atoms with van der Waals surface area (Å²) >= 11 is 0. The molecule has 8 heterocycles. The Morgan fingerprint density at radius 2 is 0.638 bits per heavy atom. The van der Waals surface area contributed by atoms with Crippen LogP contribution in [0, 0.1) is 0 Å². The van der Waals surface area contributed by atoms with Gasteiger partial charge in [-0.3, -0.25) is 24.0 Å². The van der Waals surface area contributed by atoms with E-state index in [0.717, 1.165) is 20.8 Å². The van der Waals surface area contributed by atoms with E-state index in [9.17, 15) is 201 Å². The number of amides is 5. The first-order chi connectivity index (χ1) is 61.0. The summed E-state index contributed by atoms with van der Waals surface area (Å²) in [4.78, 5) is 119. The number of rotatable bonds is 41. The van der Waals surface area contributed by atoms with Gasteiger partial charge in [-0.25, -0.2) is 19.2 Å². The Morgan fingerprint density at radius 3 is 1.00 bits per heavy atom. The SMILES string of the molecule is CC(=O)N[C@H]1[C@H](O[C@@H]2[C@H](O[C@]3(C(=O)O)C[C@H](O)[C@@H](NC(=O)CO)[C@H]([C@H](O)[C@@H](CO)O[C@]4(C(=O)O)C[C@H](O)[C@@H](NC(C)=O)[C@H]([C@H](O)[C@@H](CO)O[C@]5(C(=O)O)C[C@H](O)[C@@H](NC(C)=O)[C@H]([C@H](O)[C@H](O)CO)O5)O4)O3)[C@@H](O)[C@H](O[C@H]3[C@H](O)[C@@H](O)[C@H](O)O[C@@H]3CO)O[C@@H]2CO)O[C@H](CO)[C@H](O)[C@@H]1O[C@@H]1O[C@H](CO)[C@H](O)[C@H](O[C@]2(C(=O)O)C[C@H](O)[C@@H](NC(=O)CO)[C@H]([C@H](O)[C@H](O)CO)O2)[C@H]1O. The molecule has 0 saturated carbocycles. The molecule has 8 rings (SSSR count). The van der Waals surface area contributed by atoms with Crippen molar-refractivity contribution in [2.75, 3.05) is 66.1 Å². The molecule has 0 aromatic rings. The van der Waals surface area contributed by atoms with Gasteiger partial charge in [-0.05, 0) is 0 Å². The molecular formula is C70H113N5O55. The van der Waals surface area contributed by atoms with Crippen molar-refractivity contribution in [3.8, 4) is 0 Å². The Labute approximate surface area is 730 Å². The standard InChI is InChI=1S/C70H113N5O55/c1-18(86)71-35-21(89)4-67(63(108)109,125-53(35)40(97)25(93)8-76)123-29(12-80)44(101)55-36(72-19(2)87)22(90)5-68(127-55,64(110)111)124-30(13-81)45(102)56-38(75-34(96)17-85)24(92)7-70(128-56,66(114)115)130-58-49(106)62(120-50-31(14-82)116-59(107)47(104)46(50)103)119-32(15-83)51(58)121-60-39(73-20(3)88)52(42(99)27(10-78)117-60)122-61-48(105)57(43(100)28(11-79)118-61)129-69(65(112)113)6-23(91)37(74-33(95)16-84)54(126-69)41(98)26(94)9-77/h21-32,35-62,76-85,89-94,97-107H,4-17H2,1-3H3,(H,71,86)(H,72,87)(H,73,88)(H,74,95)(H,75,96)(H,108,109)(H,110,111)(H,112,113)(H,114,115)/t21-,22-,23-,24-,25+,26+,27+,28+,29+,30+,31+,32+,35+,36+,37+,38+,39+,40+,41+,42-,43-,44+,45+,46+,47+,48+,49+,50+,51-,52+,53+,54+,55+,56+,57-,58+,59+,60-,61-,62-,67+,68+,69-,70-/m0/s1. The van der Waals surface area contributed by atoms with Crippen LogP contribution in [-0.2, 0) is 114 Å². The van der Waals surface area contributed by atoms with E-state index in [-0.39, 0.29) is 0 Å². The Kier molecular flexibility index (Phi) is 38.5. The third kappa shape index (κ3) is 23.6. The second-order valence-corrected chi connectivity index (χ2v) is 31.8. The van der Waals surface area contributed by atoms with E-state index in [2.05, 4.69) is 16.0 Å². The zero-order valence-corrected chi connectivity index (χ0v) is 68.7. The summed E-state index contributed by atoms with van der Waals surface area (Å²) in [6.07, 6.45) is -94.2. The van der Waals surface area contributed by atoms with Gasteiger partial charge in [-0.15, -0.1) is 0 Å². The van der Waals surface area contributed by atoms with Gasteiger partial charge >= 0.3 is 23.9 Å². The molecule has 0 aliphatic carbocycles. The number of carbonyl (C=O) groups is 9. The quantitative estimate of drug-likeness (QED) is 0.0270. The van der Waals surface area contributed by atoms with Gasteiger partial charge in [0.1, 0.15) is 184 Å². The highest BCUT2D eigenvalue weighted by Crippen LogP contribution is 2.46. The summed E-state index contributed by atoms with van der Waals surface area (Å²) in [5.41, 5.74) is 0. The monoisotopic (exact) mass is 1900 g/mol. The fourth-order valence-corrected chi connectivity index (χ4v) is 16.3. The second-order valence-electron chi connectivity index (χ2n) is 31.8. The van der Waals surface area contributed by atoms with Crippen LogP contribution in [0.1, 0.15) is 46.5 Å². The maximum Gasteiger partial charge on any atom is 0.364 e. The number of hydrogen-bond acceptors (Lipinski definition) is 51. The van der Waals surface area contributed by atoms with Crippen molar-refractivity contribution in [3.05, 3.63) is 0 Å². The first-order valence-electron chi connectivity index (χ1n) is 40.0. The average molecular weight is 1900 g/mol. The van der Waals surface area contributed by atoms with Crippen LogP contribution in [0.3, 0.4) is 0 Å². The molecule has 8 aliphatic heterocycles. The number of ether oxygens (including phenoxy) is 15. The smallest absolute Gasteiger partial charge is 0.364 e. The molecule has 60 heteroatoms. The number of carbonyl (C=O) groups excluding carboxylic acids is 5. The third-order valence-corrected chi connectivity index (χ3v) is 22.8. The van der Waals surface area contributed by atoms with E-state index in [1.54, 1.807) is 0 Å². The minimum atomic E-state index is -3.96. The van der Waals surface area contributed by atoms with E-state index in [1.807, 2.05) is 10.6 Å². The number of aliphatic hydroxyl groups excluding tert-OH is 27. The van der Waals surface area contributed by atoms with E-state index in [1.165, 1.54) is 0 Å². The molecule has 44 atom stereocenters. The van der Waals surface area contributed by atoms with Crippen LogP contribution in [0.5, 0.6) is 0 Å². The van der Waals surface area contributed by atoms with Gasteiger partial charge in [0.15, 0.2) is 25.2 Å². The number of carboxylic acid groups (broad SMARTS) is 4. The first-order valence-corrected chi connectivity index (χ1v) is 40.0. The molecule has 8 fully saturated rings. The van der Waals surface area contributed by atoms with Crippen LogP contribution >= 0.6 is 0 Å². The van der Waals surface area contributed by atoms with Crippen molar-refractivity contribution in [1.29, 1.82) is 0 Å². The van der Waals surface area contributed by atoms with Crippen molar-refractivity contribution in [3.63, 3.8) is 0 Å². The van der Waals surface area contributed by atoms with Gasteiger partial charge in [0.2, 0.25) is 29.5 Å². The van der Waals surface area contributed by atoms with Gasteiger partial charge in [-0.2, -0.15) is 0 Å². The zero-order chi connectivity index (χ0) is 97.3. The lowest BCUT2D eigenvalue weighted by Gasteiger charge is -2.53. The largest absolute Gasteiger partial charge is 0.477 e. The predicted molar refractivity (Wildman–Crippen MR) is 394 cm³/mol. The maximum absolute atomic E-state index is 14.5. The minimum Gasteiger partial charge on any atom is -0.477 e. The van der Waals surface area contributed by atoms with E-state index >= 15 is 0 Å². The van der Waals surface area contributed by atoms with E-state index in [0.29, 0.717) is 0 Å². The van der Waals surface area contributed by atoms with Crippen molar-refractivity contribution in [2.45, 2.75) is 314 Å². The van der Waals surface area contributed by atoms with Crippen LogP contribution in [0.15, 0.2) is 0 Å². The van der Waals surface area contributed by atoms with Gasteiger partial charge in [0.05, 0.1) is 101 Å². The number of carboxylic acids is 4. The molecule has 130 heavy (non-hydrogen) atoms. The summed E-state index contributed by atoms with van der Waals surface area (Å²) in [6, 6.07) is -10.8. The lowest BCUT2D eigenvalue weighted by Crippen LogP contribution is -2.73. The Balaban J connectivity index is 1.20. The third-order valence-electron chi connectivity index (χ3n) is 22.8. The summed E-state index contributed by atoms with van der Waals surface area (Å²) in [7, 11) is 0. The molecule has 0 aromatic carbocycles. The van der Waals surface area contributed by atoms with Crippen LogP contribution in [-0.4, -0.2) is 546 Å². The maximum atomic E-state index is 14.5. The Morgan fingerprint density at radius 1 is 0.331 bits per heavy atom. The van der Waals surface area contributed by atoms with E-state index in [4.69, 9.17) is 71.1 Å². The Bertz CT molecular complexity index is 3760. The lowest BCUT2D eigenvalue weighted by atomic mass is 9.86. The predicted octanol–water partition coefficient (Wildman–Crippen LogP) is -23.0. The van der Waals surface area contributed by atoms with Gasteiger partial charge < -0.3 is 256 Å². The van der Waals surface area contributed by atoms with Crippen LogP contribution < -0.4 is 26.6 Å². The summed E-state index contributed by atoms with van der Waals surface area (Å²) in [5, 5.41) is 355. The lowest BCUT2D eigenvalue weighted by molar-refractivity contribution is -0.405. The highest BCUT2D eigenvalue weighted by molar-refractivity contribution is 5.80. The molecule has 0 aromatic heterocycles. The molecule has 748 valence electrons. The molecule has 5 amide bonds. The highest BCUT2D eigenvalue weighted by atomic mass is 16.8. The van der Waals surface area contributed by atoms with Crippen molar-refractivity contribution >= 4 is 53.4 Å². The molecule has 0 unspecified atom stereocenters. The highest BCUT2D eigenvalue weighted by Gasteiger charge is 2.67. The molecule has 0 spiro atoms. The molecule has 8 aliphatic rings. The van der Waals surface area contributed by atoms with Crippen molar-refractivity contribution in [2.24, 2.45) is 0 Å². The number of nitrogens with one attached hydrogen (secondary N) is 5. The minimum absolute atomic E-state index is 0.754. The fourth-order valence-electron chi connectivity index (χ4n) is 16.3. The normalized spacial score (nSPS) is 42.0. The van der Waals surface area contributed by atoms with Crippen molar-refractivity contribution < 1.29 is 273 Å². The number of aliphatic carboxylic acids is 4. The van der Waals surface area contributed by atoms with Gasteiger partial charge in [-0.1, -0.05) is 0 Å². The molecular weight excluding hydrogens is 1790 g/mol. The molecule has 0 radical (unpaired) electrons. The Hall–Kier alpha value is -6.45. The molecule has 0 bridgehead atoms.